The van der Waals surface area contributed by atoms with Crippen LogP contribution in [0.1, 0.15) is 32.6 Å². The second-order valence-corrected chi connectivity index (χ2v) is 5.03. The van der Waals surface area contributed by atoms with Crippen LogP contribution in [0.25, 0.3) is 0 Å². The molecule has 1 heterocycles. The molecule has 1 aromatic rings. The summed E-state index contributed by atoms with van der Waals surface area (Å²) in [5.41, 5.74) is 0.381. The second-order valence-electron chi connectivity index (χ2n) is 5.03. The fourth-order valence-corrected chi connectivity index (χ4v) is 2.31. The Morgan fingerprint density at radius 3 is 2.71 bits per heavy atom. The Bertz CT molecular complexity index is 397. The highest BCUT2D eigenvalue weighted by molar-refractivity contribution is 5.40. The minimum Gasteiger partial charge on any atom is -0.370 e. The zero-order valence-electron chi connectivity index (χ0n) is 9.98. The molecule has 0 unspecified atom stereocenters. The molecule has 0 bridgehead atoms. The Hall–Kier alpha value is -1.65. The van der Waals surface area contributed by atoms with Crippen LogP contribution in [-0.4, -0.2) is 16.5 Å². The number of hydrogen-bond acceptors (Lipinski definition) is 4. The average Bonchev–Trinajstić information content (AvgIpc) is 2.75. The normalized spacial score (nSPS) is 17.9. The van der Waals surface area contributed by atoms with Gasteiger partial charge in [-0.3, -0.25) is 10.1 Å². The van der Waals surface area contributed by atoms with Crippen LogP contribution >= 0.6 is 0 Å². The van der Waals surface area contributed by atoms with E-state index in [9.17, 15) is 10.1 Å². The van der Waals surface area contributed by atoms with Gasteiger partial charge in [0, 0.05) is 12.6 Å². The zero-order valence-corrected chi connectivity index (χ0v) is 9.98. The van der Waals surface area contributed by atoms with Gasteiger partial charge in [0.1, 0.15) is 12.0 Å². The molecule has 1 fully saturated rings. The Kier molecular flexibility index (Phi) is 3.26. The van der Waals surface area contributed by atoms with E-state index in [1.807, 2.05) is 0 Å². The topological polar surface area (TPSA) is 68.1 Å². The highest BCUT2D eigenvalue weighted by atomic mass is 16.6. The van der Waals surface area contributed by atoms with Crippen LogP contribution in [0, 0.1) is 15.5 Å². The predicted molar refractivity (Wildman–Crippen MR) is 66.0 cm³/mol. The summed E-state index contributed by atoms with van der Waals surface area (Å²) in [6, 6.07) is 3.14. The fraction of sp³-hybridized carbons (Fsp3) is 0.583. The van der Waals surface area contributed by atoms with E-state index in [1.165, 1.54) is 37.9 Å². The van der Waals surface area contributed by atoms with E-state index in [0.717, 1.165) is 6.54 Å². The van der Waals surface area contributed by atoms with Gasteiger partial charge in [0.25, 0.3) is 5.69 Å². The first kappa shape index (κ1) is 11.8. The number of nitrogens with one attached hydrogen (secondary N) is 1. The van der Waals surface area contributed by atoms with Gasteiger partial charge in [-0.1, -0.05) is 19.8 Å². The van der Waals surface area contributed by atoms with Crippen LogP contribution in [0.3, 0.4) is 0 Å². The van der Waals surface area contributed by atoms with Crippen LogP contribution in [0.4, 0.5) is 11.5 Å². The number of anilines is 1. The molecule has 1 N–H and O–H groups in total. The summed E-state index contributed by atoms with van der Waals surface area (Å²) >= 11 is 0. The van der Waals surface area contributed by atoms with Gasteiger partial charge in [-0.2, -0.15) is 0 Å². The fourth-order valence-electron chi connectivity index (χ4n) is 2.31. The summed E-state index contributed by atoms with van der Waals surface area (Å²) in [5.74, 6) is 0.712. The van der Waals surface area contributed by atoms with Gasteiger partial charge in [-0.25, -0.2) is 4.98 Å². The molecule has 0 radical (unpaired) electrons. The van der Waals surface area contributed by atoms with Crippen molar-refractivity contribution in [3.8, 4) is 0 Å². The van der Waals surface area contributed by atoms with Crippen molar-refractivity contribution in [2.24, 2.45) is 5.41 Å². The molecule has 5 heteroatoms. The third kappa shape index (κ3) is 2.93. The third-order valence-electron chi connectivity index (χ3n) is 3.47. The Morgan fingerprint density at radius 1 is 1.47 bits per heavy atom. The molecular weight excluding hydrogens is 218 g/mol. The van der Waals surface area contributed by atoms with Crippen molar-refractivity contribution in [1.82, 2.24) is 4.98 Å². The van der Waals surface area contributed by atoms with E-state index in [2.05, 4.69) is 17.2 Å². The van der Waals surface area contributed by atoms with Crippen LogP contribution < -0.4 is 5.32 Å². The van der Waals surface area contributed by atoms with Crippen LogP contribution in [0.15, 0.2) is 18.3 Å². The largest absolute Gasteiger partial charge is 0.370 e. The number of rotatable bonds is 4. The first-order valence-electron chi connectivity index (χ1n) is 5.93. The molecule has 0 spiro atoms. The van der Waals surface area contributed by atoms with E-state index in [-0.39, 0.29) is 5.69 Å². The molecule has 17 heavy (non-hydrogen) atoms. The molecule has 5 nitrogen and oxygen atoms in total. The van der Waals surface area contributed by atoms with Gasteiger partial charge in [0.15, 0.2) is 0 Å². The quantitative estimate of drug-likeness (QED) is 0.643. The maximum Gasteiger partial charge on any atom is 0.287 e. The lowest BCUT2D eigenvalue weighted by Gasteiger charge is -2.23. The SMILES string of the molecule is CC1(CNc2ccc([N+](=O)[O-])cn2)CCCC1. The number of hydrogen-bond donors (Lipinski definition) is 1. The Balaban J connectivity index is 1.93. The molecule has 2 rings (SSSR count). The maximum atomic E-state index is 10.5. The number of nitrogens with zero attached hydrogens (tertiary/aromatic N) is 2. The lowest BCUT2D eigenvalue weighted by molar-refractivity contribution is -0.385. The molecule has 92 valence electrons. The summed E-state index contributed by atoms with van der Waals surface area (Å²) in [5, 5.41) is 13.7. The molecular formula is C12H17N3O2. The van der Waals surface area contributed by atoms with Crippen molar-refractivity contribution in [3.63, 3.8) is 0 Å². The standard InChI is InChI=1S/C12H17N3O2/c1-12(6-2-3-7-12)9-14-11-5-4-10(8-13-11)15(16)17/h4-5,8H,2-3,6-7,9H2,1H3,(H,13,14). The number of aromatic nitrogens is 1. The van der Waals surface area contributed by atoms with Gasteiger partial charge in [0.2, 0.25) is 0 Å². The highest BCUT2D eigenvalue weighted by Crippen LogP contribution is 2.37. The van der Waals surface area contributed by atoms with Crippen molar-refractivity contribution in [2.75, 3.05) is 11.9 Å². The van der Waals surface area contributed by atoms with Crippen molar-refractivity contribution in [2.45, 2.75) is 32.6 Å². The van der Waals surface area contributed by atoms with E-state index < -0.39 is 4.92 Å². The van der Waals surface area contributed by atoms with Gasteiger partial charge in [0.05, 0.1) is 4.92 Å². The van der Waals surface area contributed by atoms with Crippen molar-refractivity contribution in [3.05, 3.63) is 28.4 Å². The molecule has 1 aromatic heterocycles. The first-order valence-corrected chi connectivity index (χ1v) is 5.93. The average molecular weight is 235 g/mol. The van der Waals surface area contributed by atoms with Crippen LogP contribution in [-0.2, 0) is 0 Å². The minimum atomic E-state index is -0.435. The monoisotopic (exact) mass is 235 g/mol. The molecule has 1 aliphatic carbocycles. The maximum absolute atomic E-state index is 10.5. The zero-order chi connectivity index (χ0) is 12.3. The van der Waals surface area contributed by atoms with Gasteiger partial charge < -0.3 is 5.32 Å². The molecule has 0 saturated heterocycles. The lowest BCUT2D eigenvalue weighted by atomic mass is 9.89. The third-order valence-corrected chi connectivity index (χ3v) is 3.47. The van der Waals surface area contributed by atoms with Gasteiger partial charge in [-0.05, 0) is 24.3 Å². The summed E-state index contributed by atoms with van der Waals surface area (Å²) in [6.45, 7) is 3.16. The smallest absolute Gasteiger partial charge is 0.287 e. The van der Waals surface area contributed by atoms with E-state index in [4.69, 9.17) is 0 Å². The molecule has 0 amide bonds. The highest BCUT2D eigenvalue weighted by Gasteiger charge is 2.28. The summed E-state index contributed by atoms with van der Waals surface area (Å²) < 4.78 is 0. The van der Waals surface area contributed by atoms with E-state index in [0.29, 0.717) is 11.2 Å². The minimum absolute atomic E-state index is 0.0302. The second kappa shape index (κ2) is 4.69. The molecule has 0 aliphatic heterocycles. The van der Waals surface area contributed by atoms with E-state index in [1.54, 1.807) is 6.07 Å². The summed E-state index contributed by atoms with van der Waals surface area (Å²) in [6.07, 6.45) is 6.37. The first-order chi connectivity index (χ1) is 8.09. The molecule has 0 atom stereocenters. The van der Waals surface area contributed by atoms with Crippen LogP contribution in [0.5, 0.6) is 0 Å². The van der Waals surface area contributed by atoms with Gasteiger partial charge in [-0.15, -0.1) is 0 Å². The van der Waals surface area contributed by atoms with Crippen molar-refractivity contribution >= 4 is 11.5 Å². The lowest BCUT2D eigenvalue weighted by Crippen LogP contribution is -2.23. The van der Waals surface area contributed by atoms with Gasteiger partial charge >= 0.3 is 0 Å². The number of pyridine rings is 1. The summed E-state index contributed by atoms with van der Waals surface area (Å²) in [7, 11) is 0. The number of nitro groups is 1. The Morgan fingerprint density at radius 2 is 2.18 bits per heavy atom. The Labute approximate surface area is 100 Å². The predicted octanol–water partition coefficient (Wildman–Crippen LogP) is 2.98. The van der Waals surface area contributed by atoms with E-state index >= 15 is 0 Å². The molecule has 0 aromatic carbocycles. The molecule has 1 saturated carbocycles. The van der Waals surface area contributed by atoms with Crippen molar-refractivity contribution < 1.29 is 4.92 Å². The molecule has 1 aliphatic rings. The summed E-state index contributed by atoms with van der Waals surface area (Å²) in [4.78, 5) is 14.1. The van der Waals surface area contributed by atoms with Crippen molar-refractivity contribution in [1.29, 1.82) is 0 Å². The van der Waals surface area contributed by atoms with Crippen LogP contribution in [0.2, 0.25) is 0 Å².